The van der Waals surface area contributed by atoms with Gasteiger partial charge in [-0.05, 0) is 236 Å². The van der Waals surface area contributed by atoms with E-state index in [1.165, 1.54) is 33.3 Å². The summed E-state index contributed by atoms with van der Waals surface area (Å²) < 4.78 is 14.8. The quantitative estimate of drug-likeness (QED) is 0.127. The highest BCUT2D eigenvalue weighted by atomic mass is 16.5. The van der Waals surface area contributed by atoms with Crippen LogP contribution in [0.5, 0.6) is 23.0 Å². The van der Waals surface area contributed by atoms with Gasteiger partial charge in [-0.25, -0.2) is 4.85 Å². The minimum Gasteiger partial charge on any atom is -0.460 e. The smallest absolute Gasteiger partial charge is 0.256 e. The van der Waals surface area contributed by atoms with E-state index >= 15 is 0 Å². The number of nitriles is 2. The van der Waals surface area contributed by atoms with E-state index in [-0.39, 0.29) is 35.1 Å². The van der Waals surface area contributed by atoms with Crippen LogP contribution in [0.3, 0.4) is 0 Å². The Bertz CT molecular complexity index is 5680. The van der Waals surface area contributed by atoms with Crippen molar-refractivity contribution in [2.75, 3.05) is 19.6 Å². The van der Waals surface area contributed by atoms with Crippen LogP contribution in [0.1, 0.15) is 150 Å². The van der Waals surface area contributed by atoms with Gasteiger partial charge in [0, 0.05) is 62.9 Å². The van der Waals surface area contributed by atoms with Gasteiger partial charge in [-0.3, -0.25) is 0 Å². The van der Waals surface area contributed by atoms with Gasteiger partial charge in [0.1, 0.15) is 23.0 Å². The lowest BCUT2D eigenvalue weighted by Crippen LogP contribution is -2.65. The third kappa shape index (κ3) is 9.93. The summed E-state index contributed by atoms with van der Waals surface area (Å²) in [5.41, 5.74) is 34.0. The molecule has 11 aromatic rings. The summed E-state index contributed by atoms with van der Waals surface area (Å²) in [7, 11) is 0. The summed E-state index contributed by atoms with van der Waals surface area (Å²) in [6, 6.07) is 68.3. The Hall–Kier alpha value is -11.1. The number of hydrogen-bond acceptors (Lipinski definition) is 8. The molecule has 17 rings (SSSR count). The molecule has 0 spiro atoms. The molecule has 0 saturated carbocycles. The molecule has 12 heteroatoms. The van der Waals surface area contributed by atoms with Crippen LogP contribution >= 0.6 is 0 Å². The molecule has 0 N–H and O–H groups in total. The Labute approximate surface area is 608 Å². The van der Waals surface area contributed by atoms with E-state index in [0.717, 1.165) is 146 Å². The summed E-state index contributed by atoms with van der Waals surface area (Å²) in [4.78, 5) is 13.8. The summed E-state index contributed by atoms with van der Waals surface area (Å²) in [5.74, 6) is 2.75. The molecule has 6 aliphatic heterocycles. The van der Waals surface area contributed by atoms with Gasteiger partial charge in [-0.1, -0.05) is 179 Å². The van der Waals surface area contributed by atoms with Crippen molar-refractivity contribution in [3.05, 3.63) is 248 Å². The average Bonchev–Trinajstić information content (AvgIpc) is 0.684. The van der Waals surface area contributed by atoms with Crippen LogP contribution in [0.2, 0.25) is 0 Å². The summed E-state index contributed by atoms with van der Waals surface area (Å²) in [5, 5.41) is 22.9. The minimum atomic E-state index is -0.445. The Balaban J connectivity index is 1.01. The molecule has 0 unspecified atom stereocenters. The zero-order valence-corrected chi connectivity index (χ0v) is 62.3. The van der Waals surface area contributed by atoms with E-state index in [0.29, 0.717) is 34.1 Å². The second kappa shape index (κ2) is 22.4. The van der Waals surface area contributed by atoms with Gasteiger partial charge >= 0.3 is 0 Å². The second-order valence-corrected chi connectivity index (χ2v) is 33.9. The number of anilines is 12. The van der Waals surface area contributed by atoms with Crippen molar-refractivity contribution in [2.24, 2.45) is 0 Å². The molecule has 0 bridgehead atoms. The van der Waals surface area contributed by atoms with Crippen molar-refractivity contribution in [1.82, 2.24) is 0 Å². The molecule has 103 heavy (non-hydrogen) atoms. The first-order valence-electron chi connectivity index (χ1n) is 36.2. The fraction of sp³-hybridized carbons (Fsp3) is 0.242. The van der Waals surface area contributed by atoms with Crippen LogP contribution < -0.4 is 78.2 Å². The maximum absolute atomic E-state index is 11.5. The van der Waals surface area contributed by atoms with Crippen LogP contribution in [0.15, 0.2) is 170 Å². The van der Waals surface area contributed by atoms with Gasteiger partial charge in [0.15, 0.2) is 5.69 Å². The maximum Gasteiger partial charge on any atom is 0.256 e. The van der Waals surface area contributed by atoms with Gasteiger partial charge in [0.05, 0.1) is 41.2 Å². The number of ether oxygens (including phenoxy) is 2. The zero-order valence-electron chi connectivity index (χ0n) is 62.3. The van der Waals surface area contributed by atoms with Crippen molar-refractivity contribution in [3.8, 4) is 35.1 Å². The maximum atomic E-state index is 11.5. The number of benzene rings is 11. The van der Waals surface area contributed by atoms with E-state index in [2.05, 4.69) is 319 Å². The number of aryl methyl sites for hydroxylation is 6. The molecule has 0 aliphatic carbocycles. The molecule has 502 valence electrons. The van der Waals surface area contributed by atoms with Crippen LogP contribution in [0.25, 0.3) is 4.85 Å². The lowest BCUT2D eigenvalue weighted by Gasteiger charge is -2.47. The van der Waals surface area contributed by atoms with Crippen LogP contribution in [-0.4, -0.2) is 20.1 Å². The molecule has 0 amide bonds. The molecule has 0 saturated heterocycles. The number of rotatable bonds is 4. The molecule has 6 heterocycles. The fourth-order valence-electron chi connectivity index (χ4n) is 17.9. The Morgan fingerprint density at radius 2 is 0.699 bits per heavy atom. The summed E-state index contributed by atoms with van der Waals surface area (Å²) in [6.07, 6.45) is 0. The predicted molar refractivity (Wildman–Crippen MR) is 431 cm³/mol. The molecule has 9 nitrogen and oxygen atoms in total. The van der Waals surface area contributed by atoms with Crippen molar-refractivity contribution in [1.29, 1.82) is 10.5 Å². The van der Waals surface area contributed by atoms with Crippen molar-refractivity contribution in [2.45, 2.75) is 146 Å². The molecule has 6 aliphatic rings. The van der Waals surface area contributed by atoms with Crippen LogP contribution in [-0.2, 0) is 21.7 Å². The van der Waals surface area contributed by atoms with Gasteiger partial charge in [-0.15, -0.1) is 0 Å². The van der Waals surface area contributed by atoms with E-state index in [4.69, 9.17) is 16.0 Å². The average molecular weight is 1340 g/mol. The van der Waals surface area contributed by atoms with E-state index in [1.54, 1.807) is 0 Å². The largest absolute Gasteiger partial charge is 0.460 e. The van der Waals surface area contributed by atoms with E-state index in [9.17, 15) is 10.5 Å². The zero-order chi connectivity index (χ0) is 72.3. The number of fused-ring (bicyclic) bond motifs is 12. The predicted octanol–water partition coefficient (Wildman–Crippen LogP) is 17.9. The third-order valence-electron chi connectivity index (χ3n) is 22.7. The summed E-state index contributed by atoms with van der Waals surface area (Å²) in [6.45, 7) is 47.9. The lowest BCUT2D eigenvalue weighted by molar-refractivity contribution is 0.486. The highest BCUT2D eigenvalue weighted by Crippen LogP contribution is 2.52. The van der Waals surface area contributed by atoms with E-state index in [1.807, 2.05) is 12.1 Å². The lowest BCUT2D eigenvalue weighted by atomic mass is 9.29. The SMILES string of the molecule is [C-]#[N+]c1cc2c3c(c1)N(c1c(C)cc(C)cc1C)c1cc4c(cc1B3c1cc(C(C)(C)C)ccc1O2)B1c2cc3c(cc2N(c2c(C)cc(C)cc2C)c2cc(C#N)cc(c21)O4)N(c1ccc(C(C)(C)C)cc1)c1cc(C#N)cc2c1B3c1cc(C(C)(C)C)ccc1N2c1ccc(C(C)(C)C)cc1. The molecule has 0 radical (unpaired) electrons. The molecule has 0 atom stereocenters. The summed E-state index contributed by atoms with van der Waals surface area (Å²) >= 11 is 0. The van der Waals surface area contributed by atoms with Crippen LogP contribution in [0.4, 0.5) is 73.9 Å². The van der Waals surface area contributed by atoms with Crippen molar-refractivity contribution in [3.63, 3.8) is 0 Å². The first-order valence-corrected chi connectivity index (χ1v) is 36.2. The topological polar surface area (TPSA) is 83.4 Å². The van der Waals surface area contributed by atoms with Crippen LogP contribution in [0, 0.1) is 70.8 Å². The van der Waals surface area contributed by atoms with Gasteiger partial charge in [0.25, 0.3) is 20.1 Å². The molecule has 0 fully saturated rings. The Morgan fingerprint density at radius 3 is 1.18 bits per heavy atom. The molecule has 11 aromatic carbocycles. The Kier molecular flexibility index (Phi) is 14.2. The van der Waals surface area contributed by atoms with Crippen molar-refractivity contribution < 1.29 is 9.47 Å². The third-order valence-corrected chi connectivity index (χ3v) is 22.7. The first kappa shape index (κ1) is 65.2. The fourth-order valence-corrected chi connectivity index (χ4v) is 17.9. The van der Waals surface area contributed by atoms with Gasteiger partial charge in [0.2, 0.25) is 0 Å². The number of hydrogen-bond donors (Lipinski definition) is 0. The molecular weight excluding hydrogens is 1260 g/mol. The van der Waals surface area contributed by atoms with Gasteiger partial charge in [-0.2, -0.15) is 10.5 Å². The highest BCUT2D eigenvalue weighted by molar-refractivity contribution is 7.04. The monoisotopic (exact) mass is 1340 g/mol. The highest BCUT2D eigenvalue weighted by Gasteiger charge is 2.51. The first-order chi connectivity index (χ1) is 48.9. The molecule has 0 aromatic heterocycles. The standard InChI is InChI=1S/C91H82B3N7O2/c1-50-32-52(3)86(53(4)33-50)100-73-46-72-66(92-65-40-60(90(13,14)15)24-30-71(65)98(63-26-20-58(21-27-63)88(7,8)9)75-36-56(48-95)37-76(83(75)92)99(72)64-28-22-59(23-29-64)89(10,11)12)44-67(73)94-70-45-68-74(47-80(70)103-81-39-57(49-96)38-77(100)84(81)94)101(87-54(5)34-51(2)35-55(87)6)78-42-62(97-19)43-82-85(78)93(68)69-41-61(91(16,17)18)25-31-79(69)102-82/h20-47H,1-18H3. The van der Waals surface area contributed by atoms with Crippen molar-refractivity contribution >= 4 is 143 Å². The van der Waals surface area contributed by atoms with E-state index < -0.39 is 6.71 Å². The normalized spacial score (nSPS) is 14.1. The molecular formula is C91H82B3N7O2. The second-order valence-electron chi connectivity index (χ2n) is 33.9. The number of nitrogens with zero attached hydrogens (tertiary/aromatic N) is 7. The Morgan fingerprint density at radius 1 is 0.330 bits per heavy atom. The van der Waals surface area contributed by atoms with Gasteiger partial charge < -0.3 is 29.1 Å². The minimum absolute atomic E-state index is 0.0712.